The van der Waals surface area contributed by atoms with Crippen LogP contribution in [0.25, 0.3) is 0 Å². The second-order valence-electron chi connectivity index (χ2n) is 6.23. The summed E-state index contributed by atoms with van der Waals surface area (Å²) in [5, 5.41) is 22.2. The predicted octanol–water partition coefficient (Wildman–Crippen LogP) is 1.57. The van der Waals surface area contributed by atoms with E-state index in [2.05, 4.69) is 24.4 Å². The number of aliphatic hydroxyl groups excluding tert-OH is 2. The van der Waals surface area contributed by atoms with Gasteiger partial charge >= 0.3 is 0 Å². The Morgan fingerprint density at radius 2 is 2.00 bits per heavy atom. The smallest absolute Gasteiger partial charge is 0.0897 e. The summed E-state index contributed by atoms with van der Waals surface area (Å²) in [4.78, 5) is 0. The third-order valence-electron chi connectivity index (χ3n) is 4.38. The maximum absolute atomic E-state index is 9.88. The van der Waals surface area contributed by atoms with Gasteiger partial charge in [-0.3, -0.25) is 0 Å². The first kappa shape index (κ1) is 17.6. The second kappa shape index (κ2) is 9.50. The van der Waals surface area contributed by atoms with E-state index in [0.717, 1.165) is 19.4 Å². The lowest BCUT2D eigenvalue weighted by molar-refractivity contribution is 0.0111. The summed E-state index contributed by atoms with van der Waals surface area (Å²) in [7, 11) is 0. The molecule has 20 heavy (non-hydrogen) atoms. The SMILES string of the molecule is CC1CC=CCC1COCC(O)CNC(C)C(C)CO. The Hall–Kier alpha value is -0.420. The van der Waals surface area contributed by atoms with Crippen LogP contribution in [0.4, 0.5) is 0 Å². The van der Waals surface area contributed by atoms with Crippen LogP contribution in [0.5, 0.6) is 0 Å². The van der Waals surface area contributed by atoms with E-state index in [4.69, 9.17) is 9.84 Å². The molecule has 1 rings (SSSR count). The van der Waals surface area contributed by atoms with Crippen molar-refractivity contribution in [2.45, 2.75) is 45.8 Å². The molecule has 1 aliphatic rings. The van der Waals surface area contributed by atoms with Crippen molar-refractivity contribution in [3.05, 3.63) is 12.2 Å². The van der Waals surface area contributed by atoms with Crippen molar-refractivity contribution in [2.24, 2.45) is 17.8 Å². The average molecular weight is 285 g/mol. The molecular formula is C16H31NO3. The molecule has 0 fully saturated rings. The highest BCUT2D eigenvalue weighted by molar-refractivity contribution is 4.93. The van der Waals surface area contributed by atoms with Crippen LogP contribution in [0.1, 0.15) is 33.6 Å². The summed E-state index contributed by atoms with van der Waals surface area (Å²) in [6.07, 6.45) is 6.20. The largest absolute Gasteiger partial charge is 0.396 e. The Balaban J connectivity index is 2.10. The zero-order valence-electron chi connectivity index (χ0n) is 13.1. The van der Waals surface area contributed by atoms with Crippen molar-refractivity contribution in [3.63, 3.8) is 0 Å². The van der Waals surface area contributed by atoms with Crippen LogP contribution in [0.15, 0.2) is 12.2 Å². The van der Waals surface area contributed by atoms with Crippen LogP contribution in [0.3, 0.4) is 0 Å². The number of ether oxygens (including phenoxy) is 1. The first-order valence-corrected chi connectivity index (χ1v) is 7.79. The Bertz CT molecular complexity index is 283. The third-order valence-corrected chi connectivity index (χ3v) is 4.38. The van der Waals surface area contributed by atoms with Gasteiger partial charge in [0.05, 0.1) is 19.3 Å². The molecule has 1 aliphatic carbocycles. The molecular weight excluding hydrogens is 254 g/mol. The van der Waals surface area contributed by atoms with E-state index in [1.807, 2.05) is 13.8 Å². The minimum absolute atomic E-state index is 0.161. The minimum atomic E-state index is -0.488. The standard InChI is InChI=1S/C16H31NO3/c1-12-6-4-5-7-15(12)10-20-11-16(19)8-17-14(3)13(2)9-18/h4-5,12-19H,6-11H2,1-3H3. The van der Waals surface area contributed by atoms with Crippen molar-refractivity contribution in [2.75, 3.05) is 26.4 Å². The molecule has 5 atom stereocenters. The molecule has 0 bridgehead atoms. The molecule has 0 aromatic heterocycles. The van der Waals surface area contributed by atoms with Gasteiger partial charge in [-0.1, -0.05) is 26.0 Å². The van der Waals surface area contributed by atoms with Gasteiger partial charge in [0.25, 0.3) is 0 Å². The predicted molar refractivity (Wildman–Crippen MR) is 81.6 cm³/mol. The fraction of sp³-hybridized carbons (Fsp3) is 0.875. The van der Waals surface area contributed by atoms with Gasteiger partial charge in [0.15, 0.2) is 0 Å². The zero-order valence-corrected chi connectivity index (χ0v) is 13.1. The van der Waals surface area contributed by atoms with Gasteiger partial charge in [-0.2, -0.15) is 0 Å². The van der Waals surface area contributed by atoms with Gasteiger partial charge in [-0.15, -0.1) is 0 Å². The lowest BCUT2D eigenvalue weighted by Gasteiger charge is -2.26. The first-order chi connectivity index (χ1) is 9.54. The van der Waals surface area contributed by atoms with Crippen LogP contribution < -0.4 is 5.32 Å². The van der Waals surface area contributed by atoms with E-state index in [9.17, 15) is 5.11 Å². The molecule has 0 heterocycles. The van der Waals surface area contributed by atoms with Crippen LogP contribution >= 0.6 is 0 Å². The van der Waals surface area contributed by atoms with Gasteiger partial charge in [0.2, 0.25) is 0 Å². The van der Waals surface area contributed by atoms with Crippen molar-refractivity contribution in [1.82, 2.24) is 5.32 Å². The summed E-state index contributed by atoms with van der Waals surface area (Å²) >= 11 is 0. The Kier molecular flexibility index (Phi) is 8.38. The fourth-order valence-corrected chi connectivity index (χ4v) is 2.33. The summed E-state index contributed by atoms with van der Waals surface area (Å²) < 4.78 is 5.65. The molecule has 0 aromatic carbocycles. The summed E-state index contributed by atoms with van der Waals surface area (Å²) in [6.45, 7) is 8.03. The quantitative estimate of drug-likeness (QED) is 0.563. The highest BCUT2D eigenvalue weighted by atomic mass is 16.5. The summed E-state index contributed by atoms with van der Waals surface area (Å²) in [5.74, 6) is 1.44. The van der Waals surface area contributed by atoms with Crippen molar-refractivity contribution < 1.29 is 14.9 Å². The molecule has 4 heteroatoms. The molecule has 0 saturated carbocycles. The number of allylic oxidation sites excluding steroid dienone is 2. The molecule has 0 saturated heterocycles. The van der Waals surface area contributed by atoms with Gasteiger partial charge < -0.3 is 20.3 Å². The highest BCUT2D eigenvalue weighted by Gasteiger charge is 2.19. The van der Waals surface area contributed by atoms with Crippen LogP contribution in [-0.4, -0.2) is 48.7 Å². The minimum Gasteiger partial charge on any atom is -0.396 e. The maximum atomic E-state index is 9.88. The van der Waals surface area contributed by atoms with E-state index >= 15 is 0 Å². The maximum Gasteiger partial charge on any atom is 0.0897 e. The first-order valence-electron chi connectivity index (χ1n) is 7.79. The summed E-state index contributed by atoms with van der Waals surface area (Å²) in [5.41, 5.74) is 0. The molecule has 0 spiro atoms. The van der Waals surface area contributed by atoms with Crippen LogP contribution in [-0.2, 0) is 4.74 Å². The monoisotopic (exact) mass is 285 g/mol. The average Bonchev–Trinajstić information content (AvgIpc) is 2.45. The van der Waals surface area contributed by atoms with Gasteiger partial charge in [0, 0.05) is 19.2 Å². The Labute approximate surface area is 123 Å². The molecule has 0 radical (unpaired) electrons. The molecule has 0 amide bonds. The molecule has 3 N–H and O–H groups in total. The fourth-order valence-electron chi connectivity index (χ4n) is 2.33. The van der Waals surface area contributed by atoms with Crippen LogP contribution in [0, 0.1) is 17.8 Å². The number of nitrogens with one attached hydrogen (secondary N) is 1. The molecule has 5 unspecified atom stereocenters. The molecule has 4 nitrogen and oxygen atoms in total. The number of hydrogen-bond donors (Lipinski definition) is 3. The van der Waals surface area contributed by atoms with Crippen molar-refractivity contribution in [3.8, 4) is 0 Å². The van der Waals surface area contributed by atoms with Crippen molar-refractivity contribution in [1.29, 1.82) is 0 Å². The van der Waals surface area contributed by atoms with Crippen LogP contribution in [0.2, 0.25) is 0 Å². The Morgan fingerprint density at radius 1 is 1.30 bits per heavy atom. The molecule has 0 aromatic rings. The van der Waals surface area contributed by atoms with Gasteiger partial charge in [-0.25, -0.2) is 0 Å². The van der Waals surface area contributed by atoms with E-state index in [1.54, 1.807) is 0 Å². The molecule has 0 aliphatic heterocycles. The van der Waals surface area contributed by atoms with E-state index in [-0.39, 0.29) is 18.6 Å². The topological polar surface area (TPSA) is 61.7 Å². The lowest BCUT2D eigenvalue weighted by atomic mass is 9.85. The second-order valence-corrected chi connectivity index (χ2v) is 6.23. The number of hydrogen-bond acceptors (Lipinski definition) is 4. The van der Waals surface area contributed by atoms with Gasteiger partial charge in [-0.05, 0) is 37.5 Å². The third kappa shape index (κ3) is 6.35. The van der Waals surface area contributed by atoms with Crippen molar-refractivity contribution >= 4 is 0 Å². The number of aliphatic hydroxyl groups is 2. The van der Waals surface area contributed by atoms with E-state index in [1.165, 1.54) is 0 Å². The Morgan fingerprint density at radius 3 is 2.65 bits per heavy atom. The number of rotatable bonds is 9. The normalized spacial score (nSPS) is 27.2. The summed E-state index contributed by atoms with van der Waals surface area (Å²) in [6, 6.07) is 0.193. The lowest BCUT2D eigenvalue weighted by Crippen LogP contribution is -2.40. The van der Waals surface area contributed by atoms with E-state index in [0.29, 0.717) is 25.0 Å². The highest BCUT2D eigenvalue weighted by Crippen LogP contribution is 2.24. The molecule has 118 valence electrons. The zero-order chi connectivity index (χ0) is 15.0. The van der Waals surface area contributed by atoms with Gasteiger partial charge in [0.1, 0.15) is 0 Å². The van der Waals surface area contributed by atoms with E-state index < -0.39 is 6.10 Å².